The predicted molar refractivity (Wildman–Crippen MR) is 102 cm³/mol. The van der Waals surface area contributed by atoms with Crippen molar-refractivity contribution >= 4 is 30.7 Å². The molecule has 0 aliphatic carbocycles. The number of rotatable bonds is 7. The molecule has 2 fully saturated rings. The topological polar surface area (TPSA) is 35.6 Å². The van der Waals surface area contributed by atoms with E-state index in [2.05, 4.69) is 5.32 Å². The molecule has 156 valence electrons. The second-order valence-corrected chi connectivity index (χ2v) is 7.17. The Hall–Kier alpha value is -0.240. The average Bonchev–Trinajstić information content (AvgIpc) is 3.00. The first-order valence-corrected chi connectivity index (χ1v) is 9.15. The minimum Gasteiger partial charge on any atom is -0.342 e. The van der Waals surface area contributed by atoms with Crippen LogP contribution in [0.3, 0.4) is 0 Å². The molecule has 26 heavy (non-hydrogen) atoms. The lowest BCUT2D eigenvalue weighted by Crippen LogP contribution is -2.38. The van der Waals surface area contributed by atoms with Crippen molar-refractivity contribution in [3.63, 3.8) is 0 Å². The zero-order valence-electron chi connectivity index (χ0n) is 15.4. The van der Waals surface area contributed by atoms with Crippen molar-refractivity contribution in [1.29, 1.82) is 0 Å². The molecule has 2 heterocycles. The van der Waals surface area contributed by atoms with E-state index < -0.39 is 12.7 Å². The van der Waals surface area contributed by atoms with Gasteiger partial charge in [0.25, 0.3) is 0 Å². The number of amides is 1. The third-order valence-corrected chi connectivity index (χ3v) is 5.23. The van der Waals surface area contributed by atoms with Crippen LogP contribution < -0.4 is 5.32 Å². The summed E-state index contributed by atoms with van der Waals surface area (Å²) in [6, 6.07) is 0. The third-order valence-electron chi connectivity index (χ3n) is 5.23. The van der Waals surface area contributed by atoms with Gasteiger partial charge in [-0.2, -0.15) is 13.2 Å². The number of hydrogen-bond donors (Lipinski definition) is 1. The zero-order valence-corrected chi connectivity index (χ0v) is 17.0. The van der Waals surface area contributed by atoms with Gasteiger partial charge in [-0.3, -0.25) is 9.69 Å². The molecule has 2 saturated heterocycles. The molecule has 0 radical (unpaired) electrons. The minimum absolute atomic E-state index is 0. The summed E-state index contributed by atoms with van der Waals surface area (Å²) < 4.78 is 37.6. The highest BCUT2D eigenvalue weighted by Crippen LogP contribution is 2.23. The fraction of sp³-hybridized carbons (Fsp3) is 0.941. The van der Waals surface area contributed by atoms with Gasteiger partial charge < -0.3 is 10.2 Å². The first kappa shape index (κ1) is 25.8. The lowest BCUT2D eigenvalue weighted by molar-refractivity contribution is -0.146. The maximum absolute atomic E-state index is 12.5. The molecule has 1 unspecified atom stereocenters. The Bertz CT molecular complexity index is 407. The summed E-state index contributed by atoms with van der Waals surface area (Å²) in [5.74, 6) is 0.973. The quantitative estimate of drug-likeness (QED) is 0.684. The van der Waals surface area contributed by atoms with Crippen LogP contribution in [0.2, 0.25) is 0 Å². The Morgan fingerprint density at radius 1 is 1.15 bits per heavy atom. The number of piperidine rings is 1. The van der Waals surface area contributed by atoms with Crippen LogP contribution in [0.15, 0.2) is 0 Å². The molecule has 9 heteroatoms. The number of hydrogen-bond acceptors (Lipinski definition) is 3. The molecule has 2 aliphatic rings. The van der Waals surface area contributed by atoms with Crippen molar-refractivity contribution in [2.45, 2.75) is 45.2 Å². The molecule has 4 nitrogen and oxygen atoms in total. The fourth-order valence-electron chi connectivity index (χ4n) is 3.79. The second kappa shape index (κ2) is 12.3. The average molecular weight is 422 g/mol. The third kappa shape index (κ3) is 9.11. The molecular weight excluding hydrogens is 390 g/mol. The van der Waals surface area contributed by atoms with E-state index in [9.17, 15) is 18.0 Å². The highest BCUT2D eigenvalue weighted by molar-refractivity contribution is 5.85. The maximum atomic E-state index is 12.5. The normalized spacial score (nSPS) is 21.4. The van der Waals surface area contributed by atoms with Crippen LogP contribution in [0, 0.1) is 11.8 Å². The van der Waals surface area contributed by atoms with Gasteiger partial charge >= 0.3 is 6.18 Å². The van der Waals surface area contributed by atoms with Gasteiger partial charge in [-0.25, -0.2) is 0 Å². The lowest BCUT2D eigenvalue weighted by Gasteiger charge is -2.25. The molecule has 2 rings (SSSR count). The van der Waals surface area contributed by atoms with Crippen molar-refractivity contribution in [3.05, 3.63) is 0 Å². The maximum Gasteiger partial charge on any atom is 0.401 e. The largest absolute Gasteiger partial charge is 0.401 e. The molecular formula is C17H32Cl2F3N3O. The van der Waals surface area contributed by atoms with Crippen LogP contribution in [-0.2, 0) is 4.79 Å². The molecule has 2 aliphatic heterocycles. The SMILES string of the molecule is CCN(CC1CCN(C(=O)CCC2CCNCC2)C1)CC(F)(F)F.Cl.Cl. The summed E-state index contributed by atoms with van der Waals surface area (Å²) in [7, 11) is 0. The second-order valence-electron chi connectivity index (χ2n) is 7.17. The molecule has 1 N–H and O–H groups in total. The van der Waals surface area contributed by atoms with E-state index in [1.54, 1.807) is 6.92 Å². The summed E-state index contributed by atoms with van der Waals surface area (Å²) in [5.41, 5.74) is 0. The predicted octanol–water partition coefficient (Wildman–Crippen LogP) is 3.34. The monoisotopic (exact) mass is 421 g/mol. The Balaban J connectivity index is 0.00000312. The van der Waals surface area contributed by atoms with Crippen molar-refractivity contribution in [2.75, 3.05) is 45.8 Å². The summed E-state index contributed by atoms with van der Waals surface area (Å²) in [6.45, 7) is 5.09. The standard InChI is InChI=1S/C17H30F3N3O.2ClH/c1-2-22(13-17(18,19)20)11-15-7-10-23(12-15)16(24)4-3-14-5-8-21-9-6-14;;/h14-15,21H,2-13H2,1H3;2*1H. The van der Waals surface area contributed by atoms with Crippen molar-refractivity contribution in [3.8, 4) is 0 Å². The summed E-state index contributed by atoms with van der Waals surface area (Å²) >= 11 is 0. The van der Waals surface area contributed by atoms with Crippen LogP contribution >= 0.6 is 24.8 Å². The molecule has 0 aromatic heterocycles. The van der Waals surface area contributed by atoms with Crippen LogP contribution in [0.25, 0.3) is 0 Å². The molecule has 1 atom stereocenters. The van der Waals surface area contributed by atoms with Gasteiger partial charge in [0.15, 0.2) is 0 Å². The molecule has 0 aromatic carbocycles. The Morgan fingerprint density at radius 3 is 2.38 bits per heavy atom. The van der Waals surface area contributed by atoms with Gasteiger partial charge in [0.2, 0.25) is 5.91 Å². The van der Waals surface area contributed by atoms with Gasteiger partial charge in [-0.05, 0) is 57.2 Å². The van der Waals surface area contributed by atoms with E-state index in [1.165, 1.54) is 4.90 Å². The van der Waals surface area contributed by atoms with Gasteiger partial charge in [0, 0.05) is 26.1 Å². The zero-order chi connectivity index (χ0) is 17.6. The highest BCUT2D eigenvalue weighted by Gasteiger charge is 2.33. The molecule has 0 bridgehead atoms. The highest BCUT2D eigenvalue weighted by atomic mass is 35.5. The number of halogens is 5. The number of carbonyl (C=O) groups is 1. The van der Waals surface area contributed by atoms with Gasteiger partial charge in [0.05, 0.1) is 6.54 Å². The van der Waals surface area contributed by atoms with Crippen molar-refractivity contribution in [1.82, 2.24) is 15.1 Å². The van der Waals surface area contributed by atoms with Gasteiger partial charge in [0.1, 0.15) is 0 Å². The van der Waals surface area contributed by atoms with E-state index in [1.807, 2.05) is 4.90 Å². The van der Waals surface area contributed by atoms with Crippen molar-refractivity contribution < 1.29 is 18.0 Å². The molecule has 0 spiro atoms. The van der Waals surface area contributed by atoms with E-state index in [0.717, 1.165) is 38.8 Å². The number of nitrogens with one attached hydrogen (secondary N) is 1. The van der Waals surface area contributed by atoms with Gasteiger partial charge in [-0.15, -0.1) is 24.8 Å². The van der Waals surface area contributed by atoms with E-state index >= 15 is 0 Å². The summed E-state index contributed by atoms with van der Waals surface area (Å²) in [5, 5.41) is 3.32. The number of carbonyl (C=O) groups excluding carboxylic acids is 1. The molecule has 1 amide bonds. The number of nitrogens with zero attached hydrogens (tertiary/aromatic N) is 2. The van der Waals surface area contributed by atoms with Crippen LogP contribution in [0.5, 0.6) is 0 Å². The van der Waals surface area contributed by atoms with Crippen LogP contribution in [0.4, 0.5) is 13.2 Å². The number of alkyl halides is 3. The van der Waals surface area contributed by atoms with E-state index in [4.69, 9.17) is 0 Å². The van der Waals surface area contributed by atoms with E-state index in [0.29, 0.717) is 38.5 Å². The van der Waals surface area contributed by atoms with Gasteiger partial charge in [-0.1, -0.05) is 6.92 Å². The first-order chi connectivity index (χ1) is 11.4. The smallest absolute Gasteiger partial charge is 0.342 e. The minimum atomic E-state index is -4.15. The Labute approximate surface area is 167 Å². The Kier molecular flexibility index (Phi) is 12.2. The Morgan fingerprint density at radius 2 is 1.81 bits per heavy atom. The number of likely N-dealkylation sites (tertiary alicyclic amines) is 1. The van der Waals surface area contributed by atoms with Crippen LogP contribution in [0.1, 0.15) is 39.0 Å². The fourth-order valence-corrected chi connectivity index (χ4v) is 3.79. The summed E-state index contributed by atoms with van der Waals surface area (Å²) in [6.07, 6.45) is 0.457. The molecule has 0 aromatic rings. The molecule has 0 saturated carbocycles. The van der Waals surface area contributed by atoms with Crippen molar-refractivity contribution in [2.24, 2.45) is 11.8 Å². The lowest BCUT2D eigenvalue weighted by atomic mass is 9.93. The first-order valence-electron chi connectivity index (χ1n) is 9.15. The van der Waals surface area contributed by atoms with Crippen LogP contribution in [-0.4, -0.2) is 67.7 Å². The van der Waals surface area contributed by atoms with E-state index in [-0.39, 0.29) is 36.6 Å². The summed E-state index contributed by atoms with van der Waals surface area (Å²) in [4.78, 5) is 15.6.